The predicted molar refractivity (Wildman–Crippen MR) is 150 cm³/mol. The first-order valence-corrected chi connectivity index (χ1v) is 13.8. The summed E-state index contributed by atoms with van der Waals surface area (Å²) in [6, 6.07) is 27.7. The number of thioether (sulfide) groups is 2. The molecule has 0 bridgehead atoms. The van der Waals surface area contributed by atoms with Gasteiger partial charge in [-0.3, -0.25) is 4.98 Å². The summed E-state index contributed by atoms with van der Waals surface area (Å²) < 4.78 is 0.473. The lowest BCUT2D eigenvalue weighted by molar-refractivity contribution is 1.10. The van der Waals surface area contributed by atoms with Gasteiger partial charge in [-0.25, -0.2) is 0 Å². The minimum Gasteiger partial charge on any atom is -0.256 e. The maximum atomic E-state index is 6.12. The molecule has 0 aliphatic heterocycles. The molecule has 0 fully saturated rings. The first kappa shape index (κ1) is 23.9. The van der Waals surface area contributed by atoms with Crippen LogP contribution in [0, 0.1) is 0 Å². The fourth-order valence-corrected chi connectivity index (χ4v) is 6.48. The van der Waals surface area contributed by atoms with Gasteiger partial charge < -0.3 is 0 Å². The number of rotatable bonds is 10. The van der Waals surface area contributed by atoms with Gasteiger partial charge in [-0.1, -0.05) is 91.3 Å². The van der Waals surface area contributed by atoms with Crippen molar-refractivity contribution in [2.75, 3.05) is 11.5 Å². The number of nitrogens with zero attached hydrogens (tertiary/aromatic N) is 1. The highest BCUT2D eigenvalue weighted by Gasteiger charge is 2.12. The zero-order valence-electron chi connectivity index (χ0n) is 18.8. The molecule has 0 aliphatic rings. The van der Waals surface area contributed by atoms with E-state index in [-0.39, 0.29) is 0 Å². The van der Waals surface area contributed by atoms with Crippen LogP contribution < -0.4 is 0 Å². The molecule has 0 saturated heterocycles. The third kappa shape index (κ3) is 6.89. The SMILES string of the molecule is CCCSC(SCCc1ccccc1)c1ccc(/C=C/c2ccnc3cc(Cl)ccc23)cc1. The molecule has 33 heavy (non-hydrogen) atoms. The molecule has 3 aromatic carbocycles. The van der Waals surface area contributed by atoms with E-state index in [2.05, 4.69) is 102 Å². The van der Waals surface area contributed by atoms with E-state index in [0.717, 1.165) is 28.6 Å². The Balaban J connectivity index is 1.43. The standard InChI is InChI=1S/C29H28ClNS2/c1-2-19-32-29(33-20-17-22-6-4-3-5-7-22)25-12-9-23(10-13-25)8-11-24-16-18-31-28-21-26(30)14-15-27(24)28/h3-16,18,21,29H,2,17,19-20H2,1H3/b11-8+. The van der Waals surface area contributed by atoms with Crippen molar-refractivity contribution < 1.29 is 0 Å². The Morgan fingerprint density at radius 2 is 1.67 bits per heavy atom. The van der Waals surface area contributed by atoms with Crippen LogP contribution in [0.15, 0.2) is 85.1 Å². The molecule has 0 amide bonds. The van der Waals surface area contributed by atoms with Crippen LogP contribution in [0.2, 0.25) is 5.02 Å². The van der Waals surface area contributed by atoms with E-state index in [1.807, 2.05) is 30.5 Å². The Hall–Kier alpha value is -2.20. The molecular weight excluding hydrogens is 462 g/mol. The molecular formula is C29H28ClNS2. The minimum atomic E-state index is 0.473. The summed E-state index contributed by atoms with van der Waals surface area (Å²) >= 11 is 10.2. The molecule has 0 N–H and O–H groups in total. The van der Waals surface area contributed by atoms with Crippen molar-refractivity contribution in [2.24, 2.45) is 0 Å². The maximum Gasteiger partial charge on any atom is 0.0751 e. The highest BCUT2D eigenvalue weighted by Crippen LogP contribution is 2.40. The highest BCUT2D eigenvalue weighted by atomic mass is 35.5. The molecule has 1 atom stereocenters. The van der Waals surface area contributed by atoms with Crippen molar-refractivity contribution in [3.8, 4) is 0 Å². The van der Waals surface area contributed by atoms with Gasteiger partial charge in [0.1, 0.15) is 0 Å². The van der Waals surface area contributed by atoms with Gasteiger partial charge >= 0.3 is 0 Å². The summed E-state index contributed by atoms with van der Waals surface area (Å²) in [6.07, 6.45) is 8.48. The molecule has 1 aromatic heterocycles. The average molecular weight is 490 g/mol. The number of halogens is 1. The smallest absolute Gasteiger partial charge is 0.0751 e. The van der Waals surface area contributed by atoms with Gasteiger partial charge in [-0.15, -0.1) is 23.5 Å². The molecule has 4 rings (SSSR count). The number of fused-ring (bicyclic) bond motifs is 1. The molecule has 0 saturated carbocycles. The van der Waals surface area contributed by atoms with Crippen molar-refractivity contribution in [1.82, 2.24) is 4.98 Å². The Labute approximate surface area is 210 Å². The monoisotopic (exact) mass is 489 g/mol. The van der Waals surface area contributed by atoms with Gasteiger partial charge in [0, 0.05) is 16.6 Å². The third-order valence-corrected chi connectivity index (χ3v) is 8.66. The van der Waals surface area contributed by atoms with E-state index < -0.39 is 0 Å². The maximum absolute atomic E-state index is 6.12. The Bertz CT molecular complexity index is 1190. The van der Waals surface area contributed by atoms with Crippen LogP contribution in [0.25, 0.3) is 23.1 Å². The zero-order valence-corrected chi connectivity index (χ0v) is 21.2. The number of hydrogen-bond acceptors (Lipinski definition) is 3. The van der Waals surface area contributed by atoms with E-state index in [9.17, 15) is 0 Å². The number of aryl methyl sites for hydroxylation is 1. The number of hydrogen-bond donors (Lipinski definition) is 0. The van der Waals surface area contributed by atoms with Crippen LogP contribution in [0.4, 0.5) is 0 Å². The number of aromatic nitrogens is 1. The zero-order chi connectivity index (χ0) is 22.9. The minimum absolute atomic E-state index is 0.473. The predicted octanol–water partition coefficient (Wildman–Crippen LogP) is 9.18. The summed E-state index contributed by atoms with van der Waals surface area (Å²) in [5, 5.41) is 1.82. The van der Waals surface area contributed by atoms with E-state index in [0.29, 0.717) is 9.60 Å². The van der Waals surface area contributed by atoms with Crippen LogP contribution >= 0.6 is 35.1 Å². The van der Waals surface area contributed by atoms with Crippen molar-refractivity contribution in [2.45, 2.75) is 24.3 Å². The first-order chi connectivity index (χ1) is 16.2. The Morgan fingerprint density at radius 1 is 0.879 bits per heavy atom. The van der Waals surface area contributed by atoms with Crippen LogP contribution in [0.5, 0.6) is 0 Å². The summed E-state index contributed by atoms with van der Waals surface area (Å²) in [4.78, 5) is 4.43. The van der Waals surface area contributed by atoms with Crippen LogP contribution in [0.3, 0.4) is 0 Å². The molecule has 0 spiro atoms. The average Bonchev–Trinajstić information content (AvgIpc) is 2.85. The third-order valence-electron chi connectivity index (χ3n) is 5.38. The fraction of sp³-hybridized carbons (Fsp3) is 0.207. The van der Waals surface area contributed by atoms with Crippen LogP contribution in [-0.2, 0) is 6.42 Å². The second-order valence-electron chi connectivity index (χ2n) is 7.87. The molecule has 1 heterocycles. The van der Waals surface area contributed by atoms with E-state index >= 15 is 0 Å². The number of pyridine rings is 1. The molecule has 0 aliphatic carbocycles. The molecule has 0 radical (unpaired) electrons. The topological polar surface area (TPSA) is 12.9 Å². The summed E-state index contributed by atoms with van der Waals surface area (Å²) in [7, 11) is 0. The van der Waals surface area contributed by atoms with Crippen molar-refractivity contribution >= 4 is 58.2 Å². The molecule has 4 heteroatoms. The van der Waals surface area contributed by atoms with Crippen LogP contribution in [-0.4, -0.2) is 16.5 Å². The van der Waals surface area contributed by atoms with Gasteiger partial charge in [0.2, 0.25) is 0 Å². The number of benzene rings is 3. The quantitative estimate of drug-likeness (QED) is 0.206. The van der Waals surface area contributed by atoms with E-state index in [1.54, 1.807) is 0 Å². The summed E-state index contributed by atoms with van der Waals surface area (Å²) in [5.41, 5.74) is 6.08. The lowest BCUT2D eigenvalue weighted by Gasteiger charge is -2.17. The Kier molecular flexibility index (Phi) is 8.93. The van der Waals surface area contributed by atoms with Gasteiger partial charge in [0.25, 0.3) is 0 Å². The molecule has 1 nitrogen and oxygen atoms in total. The lowest BCUT2D eigenvalue weighted by atomic mass is 10.1. The second-order valence-corrected chi connectivity index (χ2v) is 11.0. The lowest BCUT2D eigenvalue weighted by Crippen LogP contribution is -1.95. The van der Waals surface area contributed by atoms with Gasteiger partial charge in [-0.2, -0.15) is 0 Å². The van der Waals surface area contributed by atoms with Crippen LogP contribution in [0.1, 0.15) is 40.2 Å². The second kappa shape index (κ2) is 12.3. The van der Waals surface area contributed by atoms with E-state index in [4.69, 9.17) is 11.6 Å². The van der Waals surface area contributed by atoms with Crippen molar-refractivity contribution in [1.29, 1.82) is 0 Å². The first-order valence-electron chi connectivity index (χ1n) is 11.3. The van der Waals surface area contributed by atoms with Crippen molar-refractivity contribution in [3.05, 3.63) is 112 Å². The van der Waals surface area contributed by atoms with Gasteiger partial charge in [0.15, 0.2) is 0 Å². The van der Waals surface area contributed by atoms with E-state index in [1.165, 1.54) is 28.9 Å². The molecule has 1 unspecified atom stereocenters. The fourth-order valence-electron chi connectivity index (χ4n) is 3.63. The molecule has 168 valence electrons. The van der Waals surface area contributed by atoms with Gasteiger partial charge in [-0.05, 0) is 64.8 Å². The van der Waals surface area contributed by atoms with Crippen molar-refractivity contribution in [3.63, 3.8) is 0 Å². The Morgan fingerprint density at radius 3 is 2.45 bits per heavy atom. The normalized spacial score (nSPS) is 12.4. The highest BCUT2D eigenvalue weighted by molar-refractivity contribution is 8.16. The largest absolute Gasteiger partial charge is 0.256 e. The molecule has 4 aromatic rings. The summed E-state index contributed by atoms with van der Waals surface area (Å²) in [6.45, 7) is 2.25. The summed E-state index contributed by atoms with van der Waals surface area (Å²) in [5.74, 6) is 2.32. The van der Waals surface area contributed by atoms with Gasteiger partial charge in [0.05, 0.1) is 10.1 Å².